The van der Waals surface area contributed by atoms with E-state index in [2.05, 4.69) is 26.2 Å². The van der Waals surface area contributed by atoms with Gasteiger partial charge in [-0.3, -0.25) is 9.36 Å². The van der Waals surface area contributed by atoms with Crippen LogP contribution in [0.2, 0.25) is 0 Å². The van der Waals surface area contributed by atoms with Crippen LogP contribution in [0.4, 0.5) is 11.4 Å². The van der Waals surface area contributed by atoms with Crippen LogP contribution >= 0.6 is 15.9 Å². The molecule has 2 aromatic heterocycles. The molecule has 0 spiro atoms. The quantitative estimate of drug-likeness (QED) is 0.634. The summed E-state index contributed by atoms with van der Waals surface area (Å²) < 4.78 is 7.15. The van der Waals surface area contributed by atoms with Crippen LogP contribution in [0, 0.1) is 18.3 Å². The standard InChI is InChI=1S/C18H13BrN4O3/c1-11-15(9-20)17(24)23(10-14-3-2-8-26-14)18(25)16(11)22-21-13-6-4-12(19)5-7-13/h2-8,24H,10H2,1H3. The number of halogens is 1. The summed E-state index contributed by atoms with van der Waals surface area (Å²) in [6.45, 7) is 1.53. The van der Waals surface area contributed by atoms with Crippen LogP contribution in [0.15, 0.2) is 66.6 Å². The van der Waals surface area contributed by atoms with Gasteiger partial charge in [0.1, 0.15) is 17.4 Å². The Balaban J connectivity index is 2.10. The Hall–Kier alpha value is -3.18. The van der Waals surface area contributed by atoms with Crippen LogP contribution in [0.3, 0.4) is 0 Å². The van der Waals surface area contributed by atoms with Crippen LogP contribution in [-0.2, 0) is 6.54 Å². The van der Waals surface area contributed by atoms with Gasteiger partial charge in [-0.25, -0.2) is 0 Å². The number of rotatable bonds is 4. The zero-order chi connectivity index (χ0) is 18.7. The van der Waals surface area contributed by atoms with Crippen molar-refractivity contribution in [2.24, 2.45) is 10.2 Å². The van der Waals surface area contributed by atoms with E-state index in [0.29, 0.717) is 11.4 Å². The van der Waals surface area contributed by atoms with Crippen LogP contribution in [-0.4, -0.2) is 9.67 Å². The molecule has 0 aliphatic rings. The maximum Gasteiger partial charge on any atom is 0.281 e. The number of nitriles is 1. The molecule has 3 rings (SSSR count). The van der Waals surface area contributed by atoms with Crippen LogP contribution in [0.5, 0.6) is 5.88 Å². The molecule has 26 heavy (non-hydrogen) atoms. The Morgan fingerprint density at radius 3 is 2.62 bits per heavy atom. The maximum atomic E-state index is 12.8. The SMILES string of the molecule is Cc1c(C#N)c(O)n(Cc2ccco2)c(=O)c1N=Nc1ccc(Br)cc1. The Bertz CT molecular complexity index is 1060. The average Bonchev–Trinajstić information content (AvgIpc) is 3.14. The van der Waals surface area contributed by atoms with Gasteiger partial charge in [-0.2, -0.15) is 10.4 Å². The van der Waals surface area contributed by atoms with E-state index < -0.39 is 11.4 Å². The van der Waals surface area contributed by atoms with Crippen molar-refractivity contribution in [3.05, 3.63) is 74.4 Å². The lowest BCUT2D eigenvalue weighted by Gasteiger charge is -2.11. The summed E-state index contributed by atoms with van der Waals surface area (Å²) in [5, 5.41) is 27.8. The number of aromatic hydroxyl groups is 1. The Morgan fingerprint density at radius 2 is 2.00 bits per heavy atom. The fourth-order valence-electron chi connectivity index (χ4n) is 2.38. The number of hydrogen-bond donors (Lipinski definition) is 1. The first-order valence-corrected chi connectivity index (χ1v) is 8.36. The zero-order valence-corrected chi connectivity index (χ0v) is 15.3. The van der Waals surface area contributed by atoms with Gasteiger partial charge >= 0.3 is 0 Å². The molecule has 2 heterocycles. The second-order valence-electron chi connectivity index (χ2n) is 5.43. The smallest absolute Gasteiger partial charge is 0.281 e. The molecule has 0 saturated heterocycles. The largest absolute Gasteiger partial charge is 0.493 e. The molecule has 7 nitrogen and oxygen atoms in total. The topological polar surface area (TPSA) is 104 Å². The first-order chi connectivity index (χ1) is 12.5. The molecule has 0 atom stereocenters. The van der Waals surface area contributed by atoms with Crippen LogP contribution in [0.1, 0.15) is 16.9 Å². The molecule has 0 fully saturated rings. The Labute approximate surface area is 157 Å². The van der Waals surface area contributed by atoms with E-state index in [1.165, 1.54) is 6.26 Å². The van der Waals surface area contributed by atoms with Crippen LogP contribution in [0.25, 0.3) is 0 Å². The molecule has 0 radical (unpaired) electrons. The molecule has 1 aromatic carbocycles. The highest BCUT2D eigenvalue weighted by Crippen LogP contribution is 2.27. The first-order valence-electron chi connectivity index (χ1n) is 7.57. The number of aromatic nitrogens is 1. The van der Waals surface area contributed by atoms with E-state index in [-0.39, 0.29) is 23.4 Å². The van der Waals surface area contributed by atoms with Crippen molar-refractivity contribution < 1.29 is 9.52 Å². The van der Waals surface area contributed by atoms with E-state index in [1.54, 1.807) is 43.3 Å². The summed E-state index contributed by atoms with van der Waals surface area (Å²) >= 11 is 3.33. The van der Waals surface area contributed by atoms with Crippen molar-refractivity contribution in [2.75, 3.05) is 0 Å². The molecule has 0 saturated carbocycles. The molecule has 1 N–H and O–H groups in total. The van der Waals surface area contributed by atoms with Crippen molar-refractivity contribution in [2.45, 2.75) is 13.5 Å². The van der Waals surface area contributed by atoms with Gasteiger partial charge in [0.2, 0.25) is 5.88 Å². The van der Waals surface area contributed by atoms with E-state index in [0.717, 1.165) is 9.04 Å². The third kappa shape index (κ3) is 3.43. The Morgan fingerprint density at radius 1 is 1.27 bits per heavy atom. The number of benzene rings is 1. The fourth-order valence-corrected chi connectivity index (χ4v) is 2.64. The molecule has 0 bridgehead atoms. The molecular weight excluding hydrogens is 400 g/mol. The normalized spacial score (nSPS) is 11.0. The van der Waals surface area contributed by atoms with Gasteiger partial charge in [-0.15, -0.1) is 5.11 Å². The second-order valence-corrected chi connectivity index (χ2v) is 6.35. The minimum absolute atomic E-state index is 0.00572. The van der Waals surface area contributed by atoms with Gasteiger partial charge in [-0.1, -0.05) is 15.9 Å². The van der Waals surface area contributed by atoms with E-state index in [9.17, 15) is 15.2 Å². The summed E-state index contributed by atoms with van der Waals surface area (Å²) in [4.78, 5) is 12.8. The lowest BCUT2D eigenvalue weighted by atomic mass is 10.1. The Kier molecular flexibility index (Phi) is 5.00. The van der Waals surface area contributed by atoms with E-state index in [4.69, 9.17) is 4.42 Å². The van der Waals surface area contributed by atoms with E-state index in [1.807, 2.05) is 6.07 Å². The van der Waals surface area contributed by atoms with Gasteiger partial charge in [0.15, 0.2) is 5.69 Å². The molecule has 0 unspecified atom stereocenters. The third-order valence-electron chi connectivity index (χ3n) is 3.76. The highest BCUT2D eigenvalue weighted by atomic mass is 79.9. The molecule has 0 aliphatic heterocycles. The maximum absolute atomic E-state index is 12.8. The summed E-state index contributed by atoms with van der Waals surface area (Å²) in [7, 11) is 0. The third-order valence-corrected chi connectivity index (χ3v) is 4.28. The minimum atomic E-state index is -0.559. The van der Waals surface area contributed by atoms with E-state index >= 15 is 0 Å². The summed E-state index contributed by atoms with van der Waals surface area (Å²) in [6.07, 6.45) is 1.46. The number of azo groups is 1. The van der Waals surface area contributed by atoms with Gasteiger partial charge in [-0.05, 0) is 43.3 Å². The highest BCUT2D eigenvalue weighted by Gasteiger charge is 2.19. The highest BCUT2D eigenvalue weighted by molar-refractivity contribution is 9.10. The lowest BCUT2D eigenvalue weighted by Crippen LogP contribution is -2.22. The molecule has 0 amide bonds. The van der Waals surface area contributed by atoms with Crippen molar-refractivity contribution in [3.63, 3.8) is 0 Å². The number of nitrogens with zero attached hydrogens (tertiary/aromatic N) is 4. The van der Waals surface area contributed by atoms with Crippen molar-refractivity contribution in [1.29, 1.82) is 5.26 Å². The van der Waals surface area contributed by atoms with Gasteiger partial charge in [0.05, 0.1) is 18.5 Å². The van der Waals surface area contributed by atoms with Crippen LogP contribution < -0.4 is 5.56 Å². The molecular formula is C18H13BrN4O3. The van der Waals surface area contributed by atoms with Gasteiger partial charge < -0.3 is 9.52 Å². The second kappa shape index (κ2) is 7.37. The van der Waals surface area contributed by atoms with Gasteiger partial charge in [0.25, 0.3) is 5.56 Å². The van der Waals surface area contributed by atoms with Crippen molar-refractivity contribution in [1.82, 2.24) is 4.57 Å². The number of pyridine rings is 1. The summed E-state index contributed by atoms with van der Waals surface area (Å²) in [5.74, 6) is 0.0416. The predicted molar refractivity (Wildman–Crippen MR) is 97.9 cm³/mol. The van der Waals surface area contributed by atoms with Gasteiger partial charge in [0, 0.05) is 10.0 Å². The number of hydrogen-bond acceptors (Lipinski definition) is 6. The summed E-state index contributed by atoms with van der Waals surface area (Å²) in [5.41, 5.74) is 0.230. The molecule has 130 valence electrons. The number of furan rings is 1. The average molecular weight is 413 g/mol. The minimum Gasteiger partial charge on any atom is -0.493 e. The predicted octanol–water partition coefficient (Wildman–Crippen LogP) is 4.55. The zero-order valence-electron chi connectivity index (χ0n) is 13.7. The molecule has 0 aliphatic carbocycles. The molecule has 3 aromatic rings. The monoisotopic (exact) mass is 412 g/mol. The lowest BCUT2D eigenvalue weighted by molar-refractivity contribution is 0.397. The van der Waals surface area contributed by atoms with Crippen molar-refractivity contribution in [3.8, 4) is 11.9 Å². The summed E-state index contributed by atoms with van der Waals surface area (Å²) in [6, 6.07) is 12.3. The molecule has 8 heteroatoms. The first kappa shape index (κ1) is 17.6. The van der Waals surface area contributed by atoms with Crippen molar-refractivity contribution >= 4 is 27.3 Å². The fraction of sp³-hybridized carbons (Fsp3) is 0.111.